The van der Waals surface area contributed by atoms with Crippen molar-refractivity contribution in [2.45, 2.75) is 39.8 Å². The Labute approximate surface area is 139 Å². The summed E-state index contributed by atoms with van der Waals surface area (Å²) in [5.74, 6) is 0. The molecule has 3 nitrogen and oxygen atoms in total. The first-order valence-electron chi connectivity index (χ1n) is 7.29. The molecule has 1 N–H and O–H groups in total. The van der Waals surface area contributed by atoms with Crippen molar-refractivity contribution in [2.75, 3.05) is 6.54 Å². The maximum atomic E-state index is 6.55. The van der Waals surface area contributed by atoms with Crippen LogP contribution in [-0.4, -0.2) is 16.3 Å². The van der Waals surface area contributed by atoms with Gasteiger partial charge in [0.25, 0.3) is 0 Å². The zero-order chi connectivity index (χ0) is 15.4. The van der Waals surface area contributed by atoms with Crippen LogP contribution in [0.2, 0.25) is 5.02 Å². The van der Waals surface area contributed by atoms with Gasteiger partial charge in [0.2, 0.25) is 0 Å². The second-order valence-electron chi connectivity index (χ2n) is 5.06. The number of aryl methyl sites for hydroxylation is 2. The largest absolute Gasteiger partial charge is 0.305 e. The minimum atomic E-state index is 0.0363. The van der Waals surface area contributed by atoms with Gasteiger partial charge < -0.3 is 5.32 Å². The minimum Gasteiger partial charge on any atom is -0.305 e. The third-order valence-corrected chi connectivity index (χ3v) is 4.66. The van der Waals surface area contributed by atoms with Crippen molar-refractivity contribution in [3.05, 3.63) is 50.7 Å². The molecule has 0 aliphatic rings. The Morgan fingerprint density at radius 2 is 2.14 bits per heavy atom. The molecule has 0 fully saturated rings. The lowest BCUT2D eigenvalue weighted by molar-refractivity contribution is 0.528. The summed E-state index contributed by atoms with van der Waals surface area (Å²) < 4.78 is 3.02. The fraction of sp³-hybridized carbons (Fsp3) is 0.438. The number of halogens is 2. The normalized spacial score (nSPS) is 12.6. The molecule has 1 heterocycles. The first-order chi connectivity index (χ1) is 10.1. The number of aromatic nitrogens is 2. The minimum absolute atomic E-state index is 0.0363. The smallest absolute Gasteiger partial charge is 0.0774 e. The number of nitrogens with one attached hydrogen (secondary N) is 1. The van der Waals surface area contributed by atoms with Crippen molar-refractivity contribution in [3.63, 3.8) is 0 Å². The molecule has 0 aliphatic heterocycles. The van der Waals surface area contributed by atoms with Gasteiger partial charge in [0.05, 0.1) is 22.4 Å². The highest BCUT2D eigenvalue weighted by molar-refractivity contribution is 9.10. The maximum Gasteiger partial charge on any atom is 0.0774 e. The molecule has 1 atom stereocenters. The van der Waals surface area contributed by atoms with E-state index in [-0.39, 0.29) is 6.04 Å². The number of hydrogen-bond donors (Lipinski definition) is 1. The SMILES string of the molecule is CCCNC(c1cccc(C)c1Cl)c1c(Br)cnn1CC. The van der Waals surface area contributed by atoms with Gasteiger partial charge in [-0.2, -0.15) is 5.10 Å². The lowest BCUT2D eigenvalue weighted by Gasteiger charge is -2.22. The summed E-state index contributed by atoms with van der Waals surface area (Å²) in [6, 6.07) is 6.21. The average Bonchev–Trinajstić information content (AvgIpc) is 2.85. The van der Waals surface area contributed by atoms with Crippen molar-refractivity contribution in [3.8, 4) is 0 Å². The molecule has 0 aliphatic carbocycles. The standard InChI is InChI=1S/C16H21BrClN3/c1-4-9-19-15(12-8-6-7-11(3)14(12)18)16-13(17)10-20-21(16)5-2/h6-8,10,15,19H,4-5,9H2,1-3H3. The molecule has 0 saturated heterocycles. The summed E-state index contributed by atoms with van der Waals surface area (Å²) >= 11 is 10.2. The Bertz CT molecular complexity index is 610. The van der Waals surface area contributed by atoms with E-state index in [9.17, 15) is 0 Å². The molecule has 2 aromatic rings. The third kappa shape index (κ3) is 3.50. The zero-order valence-electron chi connectivity index (χ0n) is 12.7. The van der Waals surface area contributed by atoms with Crippen LogP contribution in [0.25, 0.3) is 0 Å². The molecule has 0 radical (unpaired) electrons. The van der Waals surface area contributed by atoms with Crippen LogP contribution in [0, 0.1) is 6.92 Å². The maximum absolute atomic E-state index is 6.55. The van der Waals surface area contributed by atoms with Crippen molar-refractivity contribution in [1.29, 1.82) is 0 Å². The summed E-state index contributed by atoms with van der Waals surface area (Å²) in [4.78, 5) is 0. The van der Waals surface area contributed by atoms with Crippen molar-refractivity contribution in [1.82, 2.24) is 15.1 Å². The van der Waals surface area contributed by atoms with Gasteiger partial charge in [0.1, 0.15) is 0 Å². The van der Waals surface area contributed by atoms with Crippen molar-refractivity contribution >= 4 is 27.5 Å². The van der Waals surface area contributed by atoms with Crippen LogP contribution < -0.4 is 5.32 Å². The highest BCUT2D eigenvalue weighted by atomic mass is 79.9. The molecule has 0 amide bonds. The zero-order valence-corrected chi connectivity index (χ0v) is 15.0. The highest BCUT2D eigenvalue weighted by Gasteiger charge is 2.23. The summed E-state index contributed by atoms with van der Waals surface area (Å²) in [6.45, 7) is 8.05. The number of hydrogen-bond acceptors (Lipinski definition) is 2. The van der Waals surface area contributed by atoms with Gasteiger partial charge in [-0.05, 0) is 53.9 Å². The highest BCUT2D eigenvalue weighted by Crippen LogP contribution is 2.34. The number of nitrogens with zero attached hydrogens (tertiary/aromatic N) is 2. The van der Waals surface area contributed by atoms with Gasteiger partial charge in [0, 0.05) is 11.6 Å². The lowest BCUT2D eigenvalue weighted by Crippen LogP contribution is -2.26. The molecule has 0 saturated carbocycles. The second-order valence-corrected chi connectivity index (χ2v) is 6.29. The Morgan fingerprint density at radius 3 is 2.81 bits per heavy atom. The van der Waals surface area contributed by atoms with Crippen LogP contribution >= 0.6 is 27.5 Å². The lowest BCUT2D eigenvalue weighted by atomic mass is 10.0. The predicted molar refractivity (Wildman–Crippen MR) is 91.9 cm³/mol. The Balaban J connectivity index is 2.52. The molecule has 0 spiro atoms. The van der Waals surface area contributed by atoms with Crippen LogP contribution in [0.15, 0.2) is 28.9 Å². The monoisotopic (exact) mass is 369 g/mol. The van der Waals surface area contributed by atoms with Gasteiger partial charge >= 0.3 is 0 Å². The summed E-state index contributed by atoms with van der Waals surface area (Å²) in [7, 11) is 0. The summed E-state index contributed by atoms with van der Waals surface area (Å²) in [5, 5.41) is 8.85. The predicted octanol–water partition coefficient (Wildman–Crippen LogP) is 4.72. The van der Waals surface area contributed by atoms with Gasteiger partial charge in [0.15, 0.2) is 0 Å². The number of rotatable bonds is 6. The first kappa shape index (κ1) is 16.5. The Morgan fingerprint density at radius 1 is 1.38 bits per heavy atom. The first-order valence-corrected chi connectivity index (χ1v) is 8.46. The molecule has 5 heteroatoms. The van der Waals surface area contributed by atoms with Gasteiger partial charge in [-0.1, -0.05) is 36.7 Å². The number of benzene rings is 1. The molecular weight excluding hydrogens is 350 g/mol. The van der Waals surface area contributed by atoms with Crippen LogP contribution in [0.5, 0.6) is 0 Å². The molecule has 1 aromatic heterocycles. The van der Waals surface area contributed by atoms with Gasteiger partial charge in [-0.25, -0.2) is 0 Å². The van der Waals surface area contributed by atoms with E-state index < -0.39 is 0 Å². The van der Waals surface area contributed by atoms with Crippen LogP contribution in [0.3, 0.4) is 0 Å². The molecule has 1 aromatic carbocycles. The fourth-order valence-electron chi connectivity index (χ4n) is 2.45. The molecule has 2 rings (SSSR count). The summed E-state index contributed by atoms with van der Waals surface area (Å²) in [6.07, 6.45) is 2.92. The van der Waals surface area contributed by atoms with Crippen LogP contribution in [0.1, 0.15) is 43.1 Å². The van der Waals surface area contributed by atoms with Crippen LogP contribution in [0.4, 0.5) is 0 Å². The second kappa shape index (κ2) is 7.43. The van der Waals surface area contributed by atoms with E-state index >= 15 is 0 Å². The topological polar surface area (TPSA) is 29.9 Å². The van der Waals surface area contributed by atoms with E-state index in [2.05, 4.69) is 52.3 Å². The van der Waals surface area contributed by atoms with Crippen LogP contribution in [-0.2, 0) is 6.54 Å². The fourth-order valence-corrected chi connectivity index (χ4v) is 3.21. The molecule has 1 unspecified atom stereocenters. The Kier molecular flexibility index (Phi) is 5.85. The quantitative estimate of drug-likeness (QED) is 0.797. The molecular formula is C16H21BrClN3. The molecule has 21 heavy (non-hydrogen) atoms. The Hall–Kier alpha value is -0.840. The van der Waals surface area contributed by atoms with E-state index in [1.54, 1.807) is 0 Å². The van der Waals surface area contributed by atoms with Gasteiger partial charge in [-0.15, -0.1) is 0 Å². The van der Waals surface area contributed by atoms with E-state index in [0.29, 0.717) is 0 Å². The van der Waals surface area contributed by atoms with Gasteiger partial charge in [-0.3, -0.25) is 4.68 Å². The van der Waals surface area contributed by atoms with E-state index in [1.165, 1.54) is 0 Å². The van der Waals surface area contributed by atoms with Crippen molar-refractivity contribution < 1.29 is 0 Å². The molecule has 0 bridgehead atoms. The molecule has 114 valence electrons. The van der Waals surface area contributed by atoms with E-state index in [4.69, 9.17) is 11.6 Å². The van der Waals surface area contributed by atoms with E-state index in [0.717, 1.165) is 45.8 Å². The van der Waals surface area contributed by atoms with Crippen molar-refractivity contribution in [2.24, 2.45) is 0 Å². The van der Waals surface area contributed by atoms with E-state index in [1.807, 2.05) is 23.9 Å². The third-order valence-electron chi connectivity index (χ3n) is 3.54. The summed E-state index contributed by atoms with van der Waals surface area (Å²) in [5.41, 5.74) is 3.32. The average molecular weight is 371 g/mol.